The number of amides is 1. The van der Waals surface area contributed by atoms with E-state index in [2.05, 4.69) is 12.2 Å². The average molecular weight is 285 g/mol. The molecular formula is C17H19NO3. The van der Waals surface area contributed by atoms with Crippen molar-refractivity contribution in [3.8, 4) is 0 Å². The predicted octanol–water partition coefficient (Wildman–Crippen LogP) is 2.84. The number of hydrogen-bond donors (Lipinski definition) is 1. The fourth-order valence-electron chi connectivity index (χ4n) is 3.42. The van der Waals surface area contributed by atoms with E-state index < -0.39 is 5.97 Å². The van der Waals surface area contributed by atoms with Crippen LogP contribution in [0.25, 0.3) is 0 Å². The lowest BCUT2D eigenvalue weighted by Crippen LogP contribution is -2.42. The molecule has 3 rings (SSSR count). The largest absolute Gasteiger partial charge is 0.481 e. The van der Waals surface area contributed by atoms with E-state index in [1.165, 1.54) is 0 Å². The molecule has 0 aromatic heterocycles. The molecule has 1 aromatic rings. The molecule has 0 bridgehead atoms. The molecule has 4 heteroatoms. The first-order valence-corrected chi connectivity index (χ1v) is 7.42. The van der Waals surface area contributed by atoms with Crippen molar-refractivity contribution < 1.29 is 14.7 Å². The standard InChI is InChI=1S/C17H19NO3/c19-16(20)10-15(12-6-2-1-3-7-12)18-11-13-8-4-5-9-14(13)17(18)21/h1-2,4-5,8-9,12,15H,3,6-7,10-11H2,(H,19,20). The van der Waals surface area contributed by atoms with Crippen molar-refractivity contribution >= 4 is 11.9 Å². The highest BCUT2D eigenvalue weighted by Gasteiger charge is 2.37. The molecule has 2 atom stereocenters. The van der Waals surface area contributed by atoms with Gasteiger partial charge >= 0.3 is 5.97 Å². The number of fused-ring (bicyclic) bond motifs is 1. The molecule has 1 aliphatic carbocycles. The van der Waals surface area contributed by atoms with E-state index in [1.54, 1.807) is 4.90 Å². The Morgan fingerprint density at radius 2 is 2.14 bits per heavy atom. The zero-order chi connectivity index (χ0) is 14.8. The third kappa shape index (κ3) is 2.71. The van der Waals surface area contributed by atoms with Gasteiger partial charge in [0.25, 0.3) is 5.91 Å². The number of carbonyl (C=O) groups is 2. The van der Waals surface area contributed by atoms with Crippen LogP contribution in [-0.4, -0.2) is 27.9 Å². The van der Waals surface area contributed by atoms with E-state index in [4.69, 9.17) is 0 Å². The topological polar surface area (TPSA) is 57.6 Å². The van der Waals surface area contributed by atoms with Crippen LogP contribution < -0.4 is 0 Å². The van der Waals surface area contributed by atoms with E-state index in [0.717, 1.165) is 30.4 Å². The van der Waals surface area contributed by atoms with Crippen LogP contribution in [0.1, 0.15) is 41.6 Å². The molecule has 0 saturated heterocycles. The summed E-state index contributed by atoms with van der Waals surface area (Å²) in [7, 11) is 0. The number of rotatable bonds is 4. The first kappa shape index (κ1) is 13.9. The lowest BCUT2D eigenvalue weighted by molar-refractivity contribution is -0.138. The lowest BCUT2D eigenvalue weighted by atomic mass is 9.85. The Kier molecular flexibility index (Phi) is 3.78. The second-order valence-electron chi connectivity index (χ2n) is 5.80. The van der Waals surface area contributed by atoms with Gasteiger partial charge in [0.05, 0.1) is 6.42 Å². The summed E-state index contributed by atoms with van der Waals surface area (Å²) < 4.78 is 0. The van der Waals surface area contributed by atoms with Crippen LogP contribution in [0.15, 0.2) is 36.4 Å². The Morgan fingerprint density at radius 3 is 2.81 bits per heavy atom. The second kappa shape index (κ2) is 5.72. The van der Waals surface area contributed by atoms with Crippen LogP contribution >= 0.6 is 0 Å². The van der Waals surface area contributed by atoms with Crippen LogP contribution in [0.4, 0.5) is 0 Å². The number of hydrogen-bond acceptors (Lipinski definition) is 2. The molecule has 1 amide bonds. The van der Waals surface area contributed by atoms with Gasteiger partial charge in [0.1, 0.15) is 0 Å². The average Bonchev–Trinajstić information content (AvgIpc) is 2.83. The molecule has 1 aliphatic heterocycles. The SMILES string of the molecule is O=C(O)CC(C1CC=CCC1)N1Cc2ccccc2C1=O. The number of nitrogens with zero attached hydrogens (tertiary/aromatic N) is 1. The summed E-state index contributed by atoms with van der Waals surface area (Å²) in [5.74, 6) is -0.617. The third-order valence-corrected chi connectivity index (χ3v) is 4.49. The summed E-state index contributed by atoms with van der Waals surface area (Å²) in [6.45, 7) is 0.535. The molecular weight excluding hydrogens is 266 g/mol. The number of aliphatic carboxylic acids is 1. The molecule has 4 nitrogen and oxygen atoms in total. The number of carbonyl (C=O) groups excluding carboxylic acids is 1. The summed E-state index contributed by atoms with van der Waals surface area (Å²) in [4.78, 5) is 25.6. The van der Waals surface area contributed by atoms with Gasteiger partial charge in [-0.15, -0.1) is 0 Å². The lowest BCUT2D eigenvalue weighted by Gasteiger charge is -2.34. The van der Waals surface area contributed by atoms with Crippen LogP contribution in [0.2, 0.25) is 0 Å². The quantitative estimate of drug-likeness (QED) is 0.865. The molecule has 1 N–H and O–H groups in total. The molecule has 1 heterocycles. The fraction of sp³-hybridized carbons (Fsp3) is 0.412. The number of benzene rings is 1. The smallest absolute Gasteiger partial charge is 0.305 e. The van der Waals surface area contributed by atoms with E-state index in [1.807, 2.05) is 24.3 Å². The zero-order valence-electron chi connectivity index (χ0n) is 11.9. The zero-order valence-corrected chi connectivity index (χ0v) is 11.9. The van der Waals surface area contributed by atoms with Gasteiger partial charge in [0, 0.05) is 18.2 Å². The van der Waals surface area contributed by atoms with Gasteiger partial charge in [0.15, 0.2) is 0 Å². The van der Waals surface area contributed by atoms with Gasteiger partial charge in [-0.1, -0.05) is 30.4 Å². The Labute approximate surface area is 124 Å². The Bertz CT molecular complexity index is 593. The molecule has 0 radical (unpaired) electrons. The molecule has 1 aromatic carbocycles. The minimum atomic E-state index is -0.835. The van der Waals surface area contributed by atoms with Gasteiger partial charge in [-0.25, -0.2) is 0 Å². The summed E-state index contributed by atoms with van der Waals surface area (Å²) in [6, 6.07) is 7.34. The van der Waals surface area contributed by atoms with E-state index >= 15 is 0 Å². The van der Waals surface area contributed by atoms with Crippen molar-refractivity contribution in [2.75, 3.05) is 0 Å². The maximum Gasteiger partial charge on any atom is 0.305 e. The maximum absolute atomic E-state index is 12.6. The minimum Gasteiger partial charge on any atom is -0.481 e. The van der Waals surface area contributed by atoms with Crippen molar-refractivity contribution in [2.24, 2.45) is 5.92 Å². The van der Waals surface area contributed by atoms with E-state index in [9.17, 15) is 14.7 Å². The van der Waals surface area contributed by atoms with Crippen LogP contribution in [0.3, 0.4) is 0 Å². The number of carboxylic acids is 1. The summed E-state index contributed by atoms with van der Waals surface area (Å²) in [5, 5.41) is 9.22. The highest BCUT2D eigenvalue weighted by Crippen LogP contribution is 2.33. The van der Waals surface area contributed by atoms with Crippen molar-refractivity contribution in [2.45, 2.75) is 38.3 Å². The fourth-order valence-corrected chi connectivity index (χ4v) is 3.42. The van der Waals surface area contributed by atoms with Gasteiger partial charge in [-0.3, -0.25) is 9.59 Å². The molecule has 2 aliphatic rings. The van der Waals surface area contributed by atoms with E-state index in [0.29, 0.717) is 6.54 Å². The van der Waals surface area contributed by atoms with Gasteiger partial charge in [-0.05, 0) is 36.8 Å². The van der Waals surface area contributed by atoms with E-state index in [-0.39, 0.29) is 24.3 Å². The van der Waals surface area contributed by atoms with Gasteiger partial charge < -0.3 is 10.0 Å². The number of carboxylic acid groups (broad SMARTS) is 1. The number of allylic oxidation sites excluding steroid dienone is 2. The molecule has 2 unspecified atom stereocenters. The van der Waals surface area contributed by atoms with Crippen LogP contribution in [0.5, 0.6) is 0 Å². The first-order chi connectivity index (χ1) is 10.2. The summed E-state index contributed by atoms with van der Waals surface area (Å²) >= 11 is 0. The Balaban J connectivity index is 1.86. The summed E-state index contributed by atoms with van der Waals surface area (Å²) in [6.07, 6.45) is 7.05. The van der Waals surface area contributed by atoms with Crippen molar-refractivity contribution in [1.29, 1.82) is 0 Å². The van der Waals surface area contributed by atoms with Gasteiger partial charge in [0.2, 0.25) is 0 Å². The predicted molar refractivity (Wildman–Crippen MR) is 78.8 cm³/mol. The Hall–Kier alpha value is -2.10. The summed E-state index contributed by atoms with van der Waals surface area (Å²) in [5.41, 5.74) is 1.73. The highest BCUT2D eigenvalue weighted by atomic mass is 16.4. The molecule has 110 valence electrons. The highest BCUT2D eigenvalue weighted by molar-refractivity contribution is 5.98. The second-order valence-corrected chi connectivity index (χ2v) is 5.80. The molecule has 21 heavy (non-hydrogen) atoms. The van der Waals surface area contributed by atoms with Crippen LogP contribution in [0, 0.1) is 5.92 Å². The van der Waals surface area contributed by atoms with Crippen molar-refractivity contribution in [1.82, 2.24) is 4.90 Å². The monoisotopic (exact) mass is 285 g/mol. The minimum absolute atomic E-state index is 0.0218. The molecule has 0 spiro atoms. The van der Waals surface area contributed by atoms with Gasteiger partial charge in [-0.2, -0.15) is 0 Å². The third-order valence-electron chi connectivity index (χ3n) is 4.49. The maximum atomic E-state index is 12.6. The van der Waals surface area contributed by atoms with Crippen molar-refractivity contribution in [3.63, 3.8) is 0 Å². The molecule has 0 saturated carbocycles. The molecule has 0 fully saturated rings. The Morgan fingerprint density at radius 1 is 1.33 bits per heavy atom. The van der Waals surface area contributed by atoms with Crippen molar-refractivity contribution in [3.05, 3.63) is 47.5 Å². The normalized spacial score (nSPS) is 22.2. The van der Waals surface area contributed by atoms with Crippen LogP contribution in [-0.2, 0) is 11.3 Å². The first-order valence-electron chi connectivity index (χ1n) is 7.42.